The highest BCUT2D eigenvalue weighted by Crippen LogP contribution is 2.68. The number of ether oxygens (including phenoxy) is 1. The number of hydrogen-bond donors (Lipinski definition) is 4. The number of esters is 1. The number of carbonyl (C=O) groups excluding carboxylic acids is 3. The third kappa shape index (κ3) is 5.96. The van der Waals surface area contributed by atoms with Crippen LogP contribution in [0.3, 0.4) is 0 Å². The average molecular weight is 652 g/mol. The predicted molar refractivity (Wildman–Crippen MR) is 176 cm³/mol. The molecule has 11 heteroatoms. The second-order valence-electron chi connectivity index (χ2n) is 13.9. The van der Waals surface area contributed by atoms with Crippen molar-refractivity contribution in [3.05, 3.63) is 66.5 Å². The molecule has 2 bridgehead atoms. The fraction of sp³-hybridized carbons (Fsp3) is 0.514. The maximum atomic E-state index is 13.8. The van der Waals surface area contributed by atoms with Crippen molar-refractivity contribution >= 4 is 47.7 Å². The molecule has 0 saturated heterocycles. The lowest BCUT2D eigenvalue weighted by Crippen LogP contribution is -2.63. The highest BCUT2D eigenvalue weighted by Gasteiger charge is 2.68. The number of hydrogen-bond acceptors (Lipinski definition) is 8. The van der Waals surface area contributed by atoms with Crippen molar-refractivity contribution in [2.75, 3.05) is 11.1 Å². The molecular formula is C35H43BFNO7S. The van der Waals surface area contributed by atoms with Crippen LogP contribution in [0.4, 0.5) is 10.1 Å². The topological polar surface area (TPSA) is 133 Å². The minimum absolute atomic E-state index is 0.0123. The highest BCUT2D eigenvalue weighted by atomic mass is 32.2. The molecule has 0 aromatic heterocycles. The van der Waals surface area contributed by atoms with Gasteiger partial charge in [-0.05, 0) is 79.3 Å². The molecule has 8 nitrogen and oxygen atoms in total. The fourth-order valence-corrected chi connectivity index (χ4v) is 9.32. The summed E-state index contributed by atoms with van der Waals surface area (Å²) in [4.78, 5) is 40.6. The van der Waals surface area contributed by atoms with E-state index in [9.17, 15) is 33.9 Å². The summed E-state index contributed by atoms with van der Waals surface area (Å²) >= 11 is 1.24. The lowest BCUT2D eigenvalue weighted by atomic mass is 9.44. The van der Waals surface area contributed by atoms with Gasteiger partial charge in [-0.25, -0.2) is 4.39 Å². The summed E-state index contributed by atoms with van der Waals surface area (Å²) < 4.78 is 20.2. The van der Waals surface area contributed by atoms with E-state index in [0.717, 1.165) is 31.4 Å². The van der Waals surface area contributed by atoms with Gasteiger partial charge in [-0.1, -0.05) is 39.8 Å². The molecule has 46 heavy (non-hydrogen) atoms. The Kier molecular flexibility index (Phi) is 9.63. The lowest BCUT2D eigenvalue weighted by Gasteiger charge is -2.61. The first-order valence-corrected chi connectivity index (χ1v) is 16.9. The van der Waals surface area contributed by atoms with Crippen LogP contribution in [0.2, 0.25) is 0 Å². The number of thioether (sulfide) groups is 1. The van der Waals surface area contributed by atoms with Gasteiger partial charge in [-0.15, -0.1) is 18.3 Å². The average Bonchev–Trinajstić information content (AvgIpc) is 3.38. The lowest BCUT2D eigenvalue weighted by molar-refractivity contribution is -0.205. The van der Waals surface area contributed by atoms with Crippen LogP contribution < -0.4 is 10.8 Å². The second-order valence-corrected chi connectivity index (χ2v) is 15.0. The molecule has 5 rings (SSSR count). The van der Waals surface area contributed by atoms with Gasteiger partial charge in [0.15, 0.2) is 0 Å². The molecule has 0 spiro atoms. The van der Waals surface area contributed by atoms with Crippen LogP contribution in [0, 0.1) is 39.8 Å². The first-order chi connectivity index (χ1) is 21.7. The summed E-state index contributed by atoms with van der Waals surface area (Å²) in [5, 5.41) is 33.2. The van der Waals surface area contributed by atoms with Crippen molar-refractivity contribution < 1.29 is 38.7 Å². The van der Waals surface area contributed by atoms with Crippen molar-refractivity contribution in [3.63, 3.8) is 0 Å². The van der Waals surface area contributed by atoms with Crippen molar-refractivity contribution in [1.29, 1.82) is 0 Å². The minimum Gasteiger partial charge on any atom is -0.461 e. The third-order valence-electron chi connectivity index (χ3n) is 11.6. The maximum absolute atomic E-state index is 13.8. The predicted octanol–water partition coefficient (Wildman–Crippen LogP) is 4.76. The Hall–Kier alpha value is -2.99. The normalized spacial score (nSPS) is 33.7. The molecule has 2 aromatic rings. The second kappa shape index (κ2) is 12.9. The Morgan fingerprint density at radius 3 is 2.61 bits per heavy atom. The zero-order chi connectivity index (χ0) is 33.6. The van der Waals surface area contributed by atoms with E-state index in [2.05, 4.69) is 32.7 Å². The van der Waals surface area contributed by atoms with Gasteiger partial charge in [-0.3, -0.25) is 14.4 Å². The number of aliphatic hydroxyl groups is 1. The molecular weight excluding hydrogens is 608 g/mol. The van der Waals surface area contributed by atoms with E-state index in [0.29, 0.717) is 23.4 Å². The first kappa shape index (κ1) is 34.4. The van der Waals surface area contributed by atoms with Gasteiger partial charge in [0.1, 0.15) is 17.7 Å². The Labute approximate surface area is 274 Å². The largest absolute Gasteiger partial charge is 0.491 e. The number of anilines is 1. The van der Waals surface area contributed by atoms with Crippen molar-refractivity contribution in [2.24, 2.45) is 34.0 Å². The van der Waals surface area contributed by atoms with Crippen LogP contribution in [0.5, 0.6) is 0 Å². The smallest absolute Gasteiger partial charge is 0.461 e. The van der Waals surface area contributed by atoms with E-state index in [4.69, 9.17) is 4.74 Å². The first-order valence-electron chi connectivity index (χ1n) is 15.9. The van der Waals surface area contributed by atoms with E-state index in [1.807, 2.05) is 6.92 Å². The van der Waals surface area contributed by atoms with Gasteiger partial charge in [0.25, 0.3) is 5.91 Å². The molecule has 0 aliphatic heterocycles. The fourth-order valence-electron chi connectivity index (χ4n) is 8.59. The number of ketones is 1. The quantitative estimate of drug-likeness (QED) is 0.139. The Balaban J connectivity index is 1.32. The van der Waals surface area contributed by atoms with Gasteiger partial charge < -0.3 is 25.2 Å². The highest BCUT2D eigenvalue weighted by molar-refractivity contribution is 8.00. The summed E-state index contributed by atoms with van der Waals surface area (Å²) in [6.07, 6.45) is 3.77. The molecule has 0 unspecified atom stereocenters. The Bertz CT molecular complexity index is 1540. The van der Waals surface area contributed by atoms with E-state index >= 15 is 0 Å². The van der Waals surface area contributed by atoms with E-state index in [1.165, 1.54) is 17.8 Å². The van der Waals surface area contributed by atoms with Gasteiger partial charge in [0.05, 0.1) is 11.9 Å². The third-order valence-corrected chi connectivity index (χ3v) is 12.5. The molecule has 8 atom stereocenters. The number of aliphatic hydroxyl groups excluding tert-OH is 1. The van der Waals surface area contributed by atoms with Gasteiger partial charge in [-0.2, -0.15) is 0 Å². The number of benzene rings is 2. The molecule has 0 radical (unpaired) electrons. The zero-order valence-electron chi connectivity index (χ0n) is 26.8. The van der Waals surface area contributed by atoms with Crippen LogP contribution in [0.1, 0.15) is 70.2 Å². The summed E-state index contributed by atoms with van der Waals surface area (Å²) in [6, 6.07) is 10.2. The van der Waals surface area contributed by atoms with Crippen LogP contribution in [0.15, 0.2) is 60.0 Å². The Morgan fingerprint density at radius 1 is 1.17 bits per heavy atom. The van der Waals surface area contributed by atoms with Gasteiger partial charge >= 0.3 is 13.1 Å². The van der Waals surface area contributed by atoms with Crippen LogP contribution in [-0.4, -0.2) is 57.9 Å². The monoisotopic (exact) mass is 651 g/mol. The molecule has 3 aliphatic carbocycles. The van der Waals surface area contributed by atoms with Crippen LogP contribution >= 0.6 is 11.8 Å². The molecule has 2 aromatic carbocycles. The number of amides is 1. The summed E-state index contributed by atoms with van der Waals surface area (Å²) in [6.45, 7) is 12.4. The van der Waals surface area contributed by atoms with E-state index in [-0.39, 0.29) is 40.3 Å². The Morgan fingerprint density at radius 2 is 1.91 bits per heavy atom. The summed E-state index contributed by atoms with van der Waals surface area (Å²) in [5.41, 5.74) is -1.58. The van der Waals surface area contributed by atoms with Gasteiger partial charge in [0.2, 0.25) is 0 Å². The van der Waals surface area contributed by atoms with Crippen LogP contribution in [0.25, 0.3) is 0 Å². The molecule has 0 heterocycles. The van der Waals surface area contributed by atoms with Gasteiger partial charge in [0, 0.05) is 44.8 Å². The SMILES string of the molecule is C=C[C@]1(C)C[C@@H](OC(=O)CSc2cccc(NC(=O)c3ccc(F)c(B(O)O)c3)c2)[C@]2(C)[C@H](C)CC[C@]3(CCC(=O)[C@H]32)[C@@H](C)[C@@H]1O. The minimum atomic E-state index is -2.06. The molecule has 3 aliphatic rings. The number of halogens is 1. The molecule has 246 valence electrons. The number of nitrogens with one attached hydrogen (secondary N) is 1. The zero-order valence-corrected chi connectivity index (χ0v) is 27.6. The molecule has 4 N–H and O–H groups in total. The van der Waals surface area contributed by atoms with Crippen LogP contribution in [-0.2, 0) is 14.3 Å². The van der Waals surface area contributed by atoms with Crippen molar-refractivity contribution in [2.45, 2.75) is 76.9 Å². The summed E-state index contributed by atoms with van der Waals surface area (Å²) in [5.74, 6) is -1.92. The molecule has 3 fully saturated rings. The maximum Gasteiger partial charge on any atom is 0.491 e. The van der Waals surface area contributed by atoms with Crippen molar-refractivity contribution in [3.8, 4) is 0 Å². The number of Topliss-reactive ketones (excluding diaryl/α,β-unsaturated/α-hetero) is 1. The van der Waals surface area contributed by atoms with Crippen molar-refractivity contribution in [1.82, 2.24) is 0 Å². The van der Waals surface area contributed by atoms with E-state index < -0.39 is 53.3 Å². The number of carbonyl (C=O) groups is 3. The molecule has 3 saturated carbocycles. The standard InChI is InChI=1S/C35H43BFNO7S/c1-6-33(4)18-28(34(5)20(2)12-14-35(21(3)31(33)41)15-13-27(39)30(34)35)45-29(40)19-46-24-9-7-8-23(17-24)38-32(42)22-10-11-26(37)25(16-22)36(43)44/h6-11,16-17,20-21,28,30-31,41,43-44H,1,12-15,18-19H2,2-5H3,(H,38,42)/t20-,21+,28-,30+,31+,33-,34+,35+/m1/s1. The van der Waals surface area contributed by atoms with E-state index in [1.54, 1.807) is 30.3 Å². The summed E-state index contributed by atoms with van der Waals surface area (Å²) in [7, 11) is -2.06. The molecule has 1 amide bonds. The number of rotatable bonds is 8.